The second-order valence-electron chi connectivity index (χ2n) is 9.69. The van der Waals surface area contributed by atoms with Crippen LogP contribution in [0.2, 0.25) is 0 Å². The van der Waals surface area contributed by atoms with Gasteiger partial charge in [-0.15, -0.1) is 0 Å². The van der Waals surface area contributed by atoms with Crippen molar-refractivity contribution in [3.63, 3.8) is 0 Å². The highest BCUT2D eigenvalue weighted by atomic mass is 32.2. The van der Waals surface area contributed by atoms with Gasteiger partial charge in [-0.1, -0.05) is 24.6 Å². The van der Waals surface area contributed by atoms with Crippen molar-refractivity contribution in [3.05, 3.63) is 53.1 Å². The summed E-state index contributed by atoms with van der Waals surface area (Å²) in [6, 6.07) is 11.2. The number of fused-ring (bicyclic) bond motifs is 1. The van der Waals surface area contributed by atoms with Gasteiger partial charge < -0.3 is 15.0 Å². The van der Waals surface area contributed by atoms with Crippen LogP contribution in [0.15, 0.2) is 41.3 Å². The summed E-state index contributed by atoms with van der Waals surface area (Å²) in [6.45, 7) is 8.70. The molecule has 190 valence electrons. The summed E-state index contributed by atoms with van der Waals surface area (Å²) in [4.78, 5) is 15.9. The van der Waals surface area contributed by atoms with Gasteiger partial charge in [-0.2, -0.15) is 0 Å². The highest BCUT2D eigenvalue weighted by molar-refractivity contribution is 7.93. The lowest BCUT2D eigenvalue weighted by Gasteiger charge is -2.33. The number of nitrogens with zero attached hydrogens (tertiary/aromatic N) is 2. The van der Waals surface area contributed by atoms with Crippen molar-refractivity contribution in [2.45, 2.75) is 63.3 Å². The number of hydrogen-bond donors (Lipinski definition) is 1. The van der Waals surface area contributed by atoms with Gasteiger partial charge in [-0.25, -0.2) is 8.42 Å². The molecule has 2 aliphatic heterocycles. The highest BCUT2D eigenvalue weighted by Gasteiger charge is 2.40. The summed E-state index contributed by atoms with van der Waals surface area (Å²) in [5.41, 5.74) is 2.77. The molecule has 0 saturated carbocycles. The monoisotopic (exact) mass is 499 g/mol. The number of likely N-dealkylation sites (tertiary alicyclic amines) is 1. The predicted molar refractivity (Wildman–Crippen MR) is 139 cm³/mol. The number of carbonyl (C=O) groups excluding carboxylic acids is 1. The third kappa shape index (κ3) is 5.05. The third-order valence-corrected chi connectivity index (χ3v) is 9.51. The molecule has 4 rings (SSSR count). The largest absolute Gasteiger partial charge is 0.496 e. The Balaban J connectivity index is 1.48. The molecule has 1 saturated heterocycles. The molecule has 2 aromatic rings. The van der Waals surface area contributed by atoms with Gasteiger partial charge in [0.25, 0.3) is 10.0 Å². The molecule has 2 atom stereocenters. The maximum atomic E-state index is 13.8. The number of amides is 1. The van der Waals surface area contributed by atoms with E-state index in [0.29, 0.717) is 29.6 Å². The standard InChI is InChI=1S/C27H37N3O4S/c1-19-10-7-8-16-29(19)17-9-15-28-27(31)23-18-30(24-12-6-5-11-22(23)24)35(32,33)26-14-13-25(34-4)20(2)21(26)3/h5-6,11-14,19,23H,7-10,15-18H2,1-4H3,(H,28,31)/t19-,23-/m0/s1. The maximum absolute atomic E-state index is 13.8. The number of para-hydroxylation sites is 1. The van der Waals surface area contributed by atoms with E-state index >= 15 is 0 Å². The lowest BCUT2D eigenvalue weighted by Crippen LogP contribution is -2.40. The number of ether oxygens (including phenoxy) is 1. The van der Waals surface area contributed by atoms with Crippen molar-refractivity contribution in [2.24, 2.45) is 0 Å². The topological polar surface area (TPSA) is 79.0 Å². The van der Waals surface area contributed by atoms with Crippen molar-refractivity contribution in [3.8, 4) is 5.75 Å². The second-order valence-corrected chi connectivity index (χ2v) is 11.5. The number of benzene rings is 2. The van der Waals surface area contributed by atoms with Crippen LogP contribution < -0.4 is 14.4 Å². The molecule has 2 heterocycles. The molecule has 7 nitrogen and oxygen atoms in total. The lowest BCUT2D eigenvalue weighted by molar-refractivity contribution is -0.122. The van der Waals surface area contributed by atoms with Gasteiger partial charge in [-0.05, 0) is 81.5 Å². The average molecular weight is 500 g/mol. The average Bonchev–Trinajstić information content (AvgIpc) is 3.25. The summed E-state index contributed by atoms with van der Waals surface area (Å²) >= 11 is 0. The highest BCUT2D eigenvalue weighted by Crippen LogP contribution is 2.41. The summed E-state index contributed by atoms with van der Waals surface area (Å²) in [7, 11) is -2.28. The number of piperidine rings is 1. The van der Waals surface area contributed by atoms with Crippen molar-refractivity contribution in [1.29, 1.82) is 0 Å². The Bertz CT molecular complexity index is 1180. The van der Waals surface area contributed by atoms with Gasteiger partial charge in [0.2, 0.25) is 5.91 Å². The first kappa shape index (κ1) is 25.5. The first-order valence-electron chi connectivity index (χ1n) is 12.5. The summed E-state index contributed by atoms with van der Waals surface area (Å²) in [6.07, 6.45) is 4.66. The van der Waals surface area contributed by atoms with E-state index in [-0.39, 0.29) is 17.3 Å². The Morgan fingerprint density at radius 1 is 1.11 bits per heavy atom. The van der Waals surface area contributed by atoms with Crippen LogP contribution in [-0.2, 0) is 14.8 Å². The van der Waals surface area contributed by atoms with Gasteiger partial charge in [0.1, 0.15) is 5.75 Å². The summed E-state index contributed by atoms with van der Waals surface area (Å²) < 4.78 is 34.2. The van der Waals surface area contributed by atoms with Crippen LogP contribution in [0, 0.1) is 13.8 Å². The predicted octanol–water partition coefficient (Wildman–Crippen LogP) is 3.99. The zero-order valence-corrected chi connectivity index (χ0v) is 22.0. The Morgan fingerprint density at radius 2 is 1.89 bits per heavy atom. The molecule has 0 unspecified atom stereocenters. The first-order valence-corrected chi connectivity index (χ1v) is 14.0. The summed E-state index contributed by atoms with van der Waals surface area (Å²) in [5.74, 6) is -0.00140. The van der Waals surface area contributed by atoms with E-state index in [4.69, 9.17) is 4.74 Å². The minimum atomic E-state index is -3.85. The van der Waals surface area contributed by atoms with E-state index in [1.54, 1.807) is 32.2 Å². The molecule has 0 bridgehead atoms. The minimum Gasteiger partial charge on any atom is -0.496 e. The van der Waals surface area contributed by atoms with E-state index in [2.05, 4.69) is 17.1 Å². The number of carbonyl (C=O) groups is 1. The number of anilines is 1. The van der Waals surface area contributed by atoms with Gasteiger partial charge in [0, 0.05) is 19.1 Å². The molecule has 1 fully saturated rings. The fraction of sp³-hybridized carbons (Fsp3) is 0.519. The van der Waals surface area contributed by atoms with Crippen LogP contribution in [0.5, 0.6) is 5.75 Å². The Hall–Kier alpha value is -2.58. The van der Waals surface area contributed by atoms with Crippen LogP contribution in [-0.4, -0.2) is 58.6 Å². The van der Waals surface area contributed by atoms with Crippen LogP contribution >= 0.6 is 0 Å². The first-order chi connectivity index (χ1) is 16.8. The molecule has 1 amide bonds. The number of hydrogen-bond acceptors (Lipinski definition) is 5. The normalized spacial score (nSPS) is 20.5. The van der Waals surface area contributed by atoms with Gasteiger partial charge in [0.15, 0.2) is 0 Å². The second kappa shape index (κ2) is 10.6. The Morgan fingerprint density at radius 3 is 2.63 bits per heavy atom. The number of rotatable bonds is 8. The third-order valence-electron chi connectivity index (χ3n) is 7.58. The molecule has 0 aliphatic carbocycles. The molecule has 8 heteroatoms. The Labute approximate surface area is 209 Å². The maximum Gasteiger partial charge on any atom is 0.264 e. The van der Waals surface area contributed by atoms with E-state index in [1.165, 1.54) is 23.6 Å². The van der Waals surface area contributed by atoms with E-state index in [1.807, 2.05) is 25.1 Å². The fourth-order valence-electron chi connectivity index (χ4n) is 5.32. The van der Waals surface area contributed by atoms with E-state index in [9.17, 15) is 13.2 Å². The molecule has 0 radical (unpaired) electrons. The van der Waals surface area contributed by atoms with Crippen molar-refractivity contribution < 1.29 is 17.9 Å². The minimum absolute atomic E-state index is 0.0984. The van der Waals surface area contributed by atoms with Gasteiger partial charge in [-0.3, -0.25) is 9.10 Å². The molecule has 1 N–H and O–H groups in total. The smallest absolute Gasteiger partial charge is 0.264 e. The molecule has 0 aromatic heterocycles. The van der Waals surface area contributed by atoms with Gasteiger partial charge >= 0.3 is 0 Å². The molecular weight excluding hydrogens is 462 g/mol. The van der Waals surface area contributed by atoms with E-state index < -0.39 is 15.9 Å². The lowest BCUT2D eigenvalue weighted by atomic mass is 10.0. The Kier molecular flexibility index (Phi) is 7.71. The molecule has 2 aliphatic rings. The van der Waals surface area contributed by atoms with Crippen LogP contribution in [0.3, 0.4) is 0 Å². The number of methoxy groups -OCH3 is 1. The van der Waals surface area contributed by atoms with Crippen molar-refractivity contribution >= 4 is 21.6 Å². The van der Waals surface area contributed by atoms with Crippen LogP contribution in [0.1, 0.15) is 55.2 Å². The molecule has 2 aromatic carbocycles. The molecule has 0 spiro atoms. The van der Waals surface area contributed by atoms with Gasteiger partial charge in [0.05, 0.1) is 30.2 Å². The zero-order chi connectivity index (χ0) is 25.2. The summed E-state index contributed by atoms with van der Waals surface area (Å²) in [5, 5.41) is 3.06. The number of sulfonamides is 1. The number of nitrogens with one attached hydrogen (secondary N) is 1. The van der Waals surface area contributed by atoms with Crippen LogP contribution in [0.4, 0.5) is 5.69 Å². The molecule has 35 heavy (non-hydrogen) atoms. The fourth-order valence-corrected chi connectivity index (χ4v) is 7.11. The SMILES string of the molecule is COc1ccc(S(=O)(=O)N2C[C@H](C(=O)NCCCN3CCCC[C@@H]3C)c3ccccc32)c(C)c1C. The van der Waals surface area contributed by atoms with Crippen molar-refractivity contribution in [2.75, 3.05) is 37.6 Å². The van der Waals surface area contributed by atoms with Crippen LogP contribution in [0.25, 0.3) is 0 Å². The van der Waals surface area contributed by atoms with Crippen molar-refractivity contribution in [1.82, 2.24) is 10.2 Å². The zero-order valence-electron chi connectivity index (χ0n) is 21.2. The molecular formula is C27H37N3O4S. The van der Waals surface area contributed by atoms with E-state index in [0.717, 1.165) is 30.6 Å². The quantitative estimate of drug-likeness (QED) is 0.556.